The van der Waals surface area contributed by atoms with Crippen molar-refractivity contribution < 1.29 is 4.74 Å². The Balaban J connectivity index is 2.88. The zero-order valence-electron chi connectivity index (χ0n) is 10.5. The maximum absolute atomic E-state index is 5.16. The molecule has 0 amide bonds. The van der Waals surface area contributed by atoms with E-state index < -0.39 is 0 Å². The van der Waals surface area contributed by atoms with Gasteiger partial charge in [0.2, 0.25) is 0 Å². The molecule has 0 radical (unpaired) electrons. The molecule has 17 heavy (non-hydrogen) atoms. The van der Waals surface area contributed by atoms with E-state index in [4.69, 9.17) is 4.74 Å². The zero-order valence-corrected chi connectivity index (χ0v) is 14.2. The lowest BCUT2D eigenvalue weighted by molar-refractivity contribution is 0.171. The van der Waals surface area contributed by atoms with Gasteiger partial charge in [0.05, 0.1) is 0 Å². The van der Waals surface area contributed by atoms with Gasteiger partial charge in [-0.05, 0) is 65.7 Å². The molecule has 1 rings (SSSR count). The van der Waals surface area contributed by atoms with E-state index >= 15 is 0 Å². The second kappa shape index (κ2) is 7.71. The van der Waals surface area contributed by atoms with Crippen molar-refractivity contribution in [3.63, 3.8) is 0 Å². The third-order valence-electron chi connectivity index (χ3n) is 2.95. The first-order valence-electron chi connectivity index (χ1n) is 5.71. The molecule has 0 aromatic heterocycles. The number of hydrogen-bond acceptors (Lipinski definition) is 2. The first kappa shape index (κ1) is 15.4. The highest BCUT2D eigenvalue weighted by Crippen LogP contribution is 2.31. The molecule has 0 aliphatic heterocycles. The van der Waals surface area contributed by atoms with Crippen LogP contribution in [-0.2, 0) is 4.74 Å². The van der Waals surface area contributed by atoms with Crippen LogP contribution in [0.25, 0.3) is 0 Å². The van der Waals surface area contributed by atoms with Crippen LogP contribution in [0, 0.1) is 9.49 Å². The summed E-state index contributed by atoms with van der Waals surface area (Å²) in [6.07, 6.45) is 1.06. The Morgan fingerprint density at radius 1 is 1.47 bits per heavy atom. The molecular weight excluding hydrogens is 393 g/mol. The van der Waals surface area contributed by atoms with E-state index in [2.05, 4.69) is 69.0 Å². The molecule has 0 aliphatic rings. The van der Waals surface area contributed by atoms with Crippen molar-refractivity contribution in [1.82, 2.24) is 5.32 Å². The molecule has 2 nitrogen and oxygen atoms in total. The van der Waals surface area contributed by atoms with Crippen LogP contribution in [0.3, 0.4) is 0 Å². The summed E-state index contributed by atoms with van der Waals surface area (Å²) in [7, 11) is 3.77. The third-order valence-corrected chi connectivity index (χ3v) is 4.34. The Hall–Kier alpha value is 0.350. The topological polar surface area (TPSA) is 21.3 Å². The van der Waals surface area contributed by atoms with Crippen molar-refractivity contribution in [3.8, 4) is 0 Å². The van der Waals surface area contributed by atoms with Crippen LogP contribution in [0.2, 0.25) is 0 Å². The van der Waals surface area contributed by atoms with E-state index in [0.29, 0.717) is 12.0 Å². The molecule has 0 saturated carbocycles. The molecule has 1 aromatic rings. The number of hydrogen-bond donors (Lipinski definition) is 1. The lowest BCUT2D eigenvalue weighted by Crippen LogP contribution is -2.24. The Labute approximate surface area is 126 Å². The minimum atomic E-state index is 0.356. The maximum Gasteiger partial charge on any atom is 0.0465 e. The average molecular weight is 412 g/mol. The summed E-state index contributed by atoms with van der Waals surface area (Å²) in [5.74, 6) is 0.537. The van der Waals surface area contributed by atoms with E-state index in [9.17, 15) is 0 Å². The quantitative estimate of drug-likeness (QED) is 0.714. The highest BCUT2D eigenvalue weighted by Gasteiger charge is 2.19. The van der Waals surface area contributed by atoms with Gasteiger partial charge in [0.25, 0.3) is 0 Å². The molecule has 0 heterocycles. The molecule has 2 unspecified atom stereocenters. The van der Waals surface area contributed by atoms with E-state index in [-0.39, 0.29) is 0 Å². The van der Waals surface area contributed by atoms with E-state index in [1.54, 1.807) is 7.11 Å². The van der Waals surface area contributed by atoms with Crippen molar-refractivity contribution in [1.29, 1.82) is 0 Å². The summed E-state index contributed by atoms with van der Waals surface area (Å²) in [6, 6.07) is 6.81. The summed E-state index contributed by atoms with van der Waals surface area (Å²) in [5.41, 5.74) is 1.32. The summed E-state index contributed by atoms with van der Waals surface area (Å²) in [6.45, 7) is 3.06. The predicted octanol–water partition coefficient (Wildman–Crippen LogP) is 3.99. The molecule has 1 N–H and O–H groups in total. The molecule has 2 atom stereocenters. The summed E-state index contributed by atoms with van der Waals surface area (Å²) in [4.78, 5) is 0. The Morgan fingerprint density at radius 3 is 2.76 bits per heavy atom. The van der Waals surface area contributed by atoms with Crippen LogP contribution in [0.15, 0.2) is 22.7 Å². The van der Waals surface area contributed by atoms with Gasteiger partial charge in [0.15, 0.2) is 0 Å². The number of benzene rings is 1. The average Bonchev–Trinajstić information content (AvgIpc) is 2.32. The number of ether oxygens (including phenoxy) is 1. The van der Waals surface area contributed by atoms with Crippen molar-refractivity contribution in [2.75, 3.05) is 20.8 Å². The van der Waals surface area contributed by atoms with Gasteiger partial charge in [0.1, 0.15) is 0 Å². The van der Waals surface area contributed by atoms with Crippen LogP contribution in [0.1, 0.15) is 24.9 Å². The fourth-order valence-corrected chi connectivity index (χ4v) is 2.98. The largest absolute Gasteiger partial charge is 0.385 e. The van der Waals surface area contributed by atoms with Crippen LogP contribution in [0.4, 0.5) is 0 Å². The molecule has 0 aliphatic carbocycles. The van der Waals surface area contributed by atoms with Crippen molar-refractivity contribution in [2.24, 2.45) is 5.92 Å². The Morgan fingerprint density at radius 2 is 2.18 bits per heavy atom. The number of rotatable bonds is 6. The van der Waals surface area contributed by atoms with Crippen molar-refractivity contribution in [3.05, 3.63) is 31.8 Å². The van der Waals surface area contributed by atoms with Gasteiger partial charge in [-0.15, -0.1) is 0 Å². The molecule has 1 aromatic carbocycles. The minimum absolute atomic E-state index is 0.356. The molecule has 0 spiro atoms. The fraction of sp³-hybridized carbons (Fsp3) is 0.538. The molecular formula is C13H19BrINO. The third kappa shape index (κ3) is 4.50. The first-order chi connectivity index (χ1) is 8.10. The predicted molar refractivity (Wildman–Crippen MR) is 84.3 cm³/mol. The summed E-state index contributed by atoms with van der Waals surface area (Å²) in [5, 5.41) is 3.41. The number of nitrogens with one attached hydrogen (secondary N) is 1. The van der Waals surface area contributed by atoms with Crippen molar-refractivity contribution >= 4 is 38.5 Å². The highest BCUT2D eigenvalue weighted by molar-refractivity contribution is 14.1. The fourth-order valence-electron chi connectivity index (χ4n) is 1.97. The van der Waals surface area contributed by atoms with E-state index in [1.807, 2.05) is 7.05 Å². The van der Waals surface area contributed by atoms with Crippen LogP contribution in [0.5, 0.6) is 0 Å². The van der Waals surface area contributed by atoms with Gasteiger partial charge in [-0.1, -0.05) is 22.9 Å². The zero-order chi connectivity index (χ0) is 12.8. The number of halogens is 2. The SMILES string of the molecule is CNC(c1cc(I)ccc1Br)C(C)CCOC. The van der Waals surface area contributed by atoms with E-state index in [1.165, 1.54) is 13.6 Å². The van der Waals surface area contributed by atoms with Gasteiger partial charge >= 0.3 is 0 Å². The summed E-state index contributed by atoms with van der Waals surface area (Å²) >= 11 is 5.98. The van der Waals surface area contributed by atoms with Gasteiger partial charge in [-0.3, -0.25) is 0 Å². The van der Waals surface area contributed by atoms with Crippen LogP contribution >= 0.6 is 38.5 Å². The number of methoxy groups -OCH3 is 1. The molecule has 0 saturated heterocycles. The molecule has 4 heteroatoms. The standard InChI is InChI=1S/C13H19BrINO/c1-9(6-7-17-3)13(16-2)11-8-10(15)4-5-12(11)14/h4-5,8-9,13,16H,6-7H2,1-3H3. The van der Waals surface area contributed by atoms with Gasteiger partial charge in [-0.25, -0.2) is 0 Å². The Kier molecular flexibility index (Phi) is 6.99. The first-order valence-corrected chi connectivity index (χ1v) is 7.58. The maximum atomic E-state index is 5.16. The van der Waals surface area contributed by atoms with Crippen molar-refractivity contribution in [2.45, 2.75) is 19.4 Å². The second-order valence-corrected chi connectivity index (χ2v) is 6.29. The van der Waals surface area contributed by atoms with Gasteiger partial charge < -0.3 is 10.1 Å². The lowest BCUT2D eigenvalue weighted by atomic mass is 9.92. The van der Waals surface area contributed by atoms with Crippen LogP contribution < -0.4 is 5.32 Å². The highest BCUT2D eigenvalue weighted by atomic mass is 127. The van der Waals surface area contributed by atoms with Crippen LogP contribution in [-0.4, -0.2) is 20.8 Å². The lowest BCUT2D eigenvalue weighted by Gasteiger charge is -2.25. The summed E-state index contributed by atoms with van der Waals surface area (Å²) < 4.78 is 7.59. The van der Waals surface area contributed by atoms with E-state index in [0.717, 1.165) is 13.0 Å². The smallest absolute Gasteiger partial charge is 0.0465 e. The molecule has 0 fully saturated rings. The normalized spacial score (nSPS) is 14.6. The minimum Gasteiger partial charge on any atom is -0.385 e. The monoisotopic (exact) mass is 411 g/mol. The Bertz CT molecular complexity index is 359. The molecule has 0 bridgehead atoms. The van der Waals surface area contributed by atoms with Gasteiger partial charge in [-0.2, -0.15) is 0 Å². The molecule has 96 valence electrons. The second-order valence-electron chi connectivity index (χ2n) is 4.19. The van der Waals surface area contributed by atoms with Gasteiger partial charge in [0, 0.05) is 27.8 Å².